The van der Waals surface area contributed by atoms with Gasteiger partial charge in [0.25, 0.3) is 0 Å². The molecule has 4 nitrogen and oxygen atoms in total. The van der Waals surface area contributed by atoms with Crippen molar-refractivity contribution in [3.63, 3.8) is 0 Å². The Bertz CT molecular complexity index is 925. The number of rotatable bonds is 7. The Hall–Kier alpha value is -2.66. The fourth-order valence-corrected chi connectivity index (χ4v) is 3.40. The third-order valence-electron chi connectivity index (χ3n) is 3.95. The van der Waals surface area contributed by atoms with E-state index in [4.69, 9.17) is 9.97 Å². The molecular weight excluding hydrogens is 342 g/mol. The molecule has 0 unspecified atom stereocenters. The molecule has 1 aromatic heterocycles. The quantitative estimate of drug-likeness (QED) is 0.387. The molecule has 3 rings (SSSR count). The number of benzene rings is 2. The van der Waals surface area contributed by atoms with Crippen molar-refractivity contribution in [3.8, 4) is 11.4 Å². The number of carbonyl (C=O) groups excluding carboxylic acids is 1. The molecule has 0 saturated carbocycles. The first-order chi connectivity index (χ1) is 12.7. The predicted molar refractivity (Wildman–Crippen MR) is 108 cm³/mol. The van der Waals surface area contributed by atoms with Gasteiger partial charge in [0.1, 0.15) is 5.03 Å². The highest BCUT2D eigenvalue weighted by Gasteiger charge is 2.12. The second-order valence-corrected chi connectivity index (χ2v) is 6.77. The van der Waals surface area contributed by atoms with Crippen LogP contribution in [0.5, 0.6) is 0 Å². The molecule has 0 radical (unpaired) electrons. The Kier molecular flexibility index (Phi) is 6.02. The minimum atomic E-state index is -0.0328. The van der Waals surface area contributed by atoms with Crippen LogP contribution in [0.2, 0.25) is 0 Å². The molecule has 0 bridgehead atoms. The zero-order valence-electron chi connectivity index (χ0n) is 14.7. The van der Waals surface area contributed by atoms with E-state index >= 15 is 0 Å². The van der Waals surface area contributed by atoms with E-state index in [0.717, 1.165) is 27.9 Å². The molecule has 0 saturated heterocycles. The molecule has 0 aliphatic carbocycles. The van der Waals surface area contributed by atoms with E-state index in [9.17, 15) is 4.79 Å². The Labute approximate surface area is 157 Å². The minimum absolute atomic E-state index is 0.0328. The molecule has 26 heavy (non-hydrogen) atoms. The highest BCUT2D eigenvalue weighted by atomic mass is 32.2. The fourth-order valence-electron chi connectivity index (χ4n) is 2.56. The largest absolute Gasteiger partial charge is 0.352 e. The normalized spacial score (nSPS) is 10.7. The topological polar surface area (TPSA) is 54.9 Å². The smallest absolute Gasteiger partial charge is 0.230 e. The molecule has 0 atom stereocenters. The lowest BCUT2D eigenvalue weighted by Gasteiger charge is -2.10. The molecule has 1 heterocycles. The van der Waals surface area contributed by atoms with Gasteiger partial charge < -0.3 is 5.32 Å². The first kappa shape index (κ1) is 18.1. The van der Waals surface area contributed by atoms with Gasteiger partial charge in [0.2, 0.25) is 5.91 Å². The molecule has 1 amide bonds. The number of amides is 1. The van der Waals surface area contributed by atoms with Crippen LogP contribution in [0.15, 0.2) is 66.2 Å². The van der Waals surface area contributed by atoms with Crippen molar-refractivity contribution in [2.24, 2.45) is 0 Å². The van der Waals surface area contributed by atoms with E-state index in [-0.39, 0.29) is 5.91 Å². The monoisotopic (exact) mass is 363 g/mol. The fraction of sp³-hybridized carbons (Fsp3) is 0.190. The summed E-state index contributed by atoms with van der Waals surface area (Å²) in [4.78, 5) is 21.4. The van der Waals surface area contributed by atoms with E-state index in [1.54, 1.807) is 6.08 Å². The summed E-state index contributed by atoms with van der Waals surface area (Å²) in [6.07, 6.45) is 2.62. The number of fused-ring (bicyclic) bond motifs is 1. The molecule has 0 aliphatic heterocycles. The van der Waals surface area contributed by atoms with Crippen LogP contribution in [0.25, 0.3) is 22.3 Å². The first-order valence-electron chi connectivity index (χ1n) is 8.57. The highest BCUT2D eigenvalue weighted by molar-refractivity contribution is 8.00. The standard InChI is InChI=1S/C21H21N3OS/c1-3-12-22-19(25)14-26-21-17-13-15(4-2)10-11-18(17)23-20(24-21)16-8-6-5-7-9-16/h3,5-11,13H,1,4,12,14H2,2H3,(H,22,25). The predicted octanol–water partition coefficient (Wildman–Crippen LogP) is 4.25. The molecule has 132 valence electrons. The maximum Gasteiger partial charge on any atom is 0.230 e. The van der Waals surface area contributed by atoms with Gasteiger partial charge in [0.05, 0.1) is 11.3 Å². The van der Waals surface area contributed by atoms with Crippen molar-refractivity contribution >= 4 is 28.6 Å². The Morgan fingerprint density at radius 3 is 2.73 bits per heavy atom. The van der Waals surface area contributed by atoms with E-state index in [0.29, 0.717) is 18.1 Å². The van der Waals surface area contributed by atoms with Gasteiger partial charge in [-0.2, -0.15) is 0 Å². The molecule has 0 aliphatic rings. The van der Waals surface area contributed by atoms with Crippen LogP contribution in [-0.4, -0.2) is 28.2 Å². The third-order valence-corrected chi connectivity index (χ3v) is 4.94. The third kappa shape index (κ3) is 4.29. The van der Waals surface area contributed by atoms with E-state index in [1.807, 2.05) is 36.4 Å². The van der Waals surface area contributed by atoms with Crippen LogP contribution in [0.1, 0.15) is 12.5 Å². The SMILES string of the molecule is C=CCNC(=O)CSc1nc(-c2ccccc2)nc2ccc(CC)cc12. The van der Waals surface area contributed by atoms with Gasteiger partial charge in [0.15, 0.2) is 5.82 Å². The second kappa shape index (κ2) is 8.63. The Balaban J connectivity index is 1.99. The number of aryl methyl sites for hydroxylation is 1. The highest BCUT2D eigenvalue weighted by Crippen LogP contribution is 2.29. The average molecular weight is 363 g/mol. The van der Waals surface area contributed by atoms with Crippen molar-refractivity contribution in [1.82, 2.24) is 15.3 Å². The summed E-state index contributed by atoms with van der Waals surface area (Å²) in [6, 6.07) is 16.1. The van der Waals surface area contributed by atoms with Crippen LogP contribution in [0.3, 0.4) is 0 Å². The Morgan fingerprint density at radius 2 is 2.00 bits per heavy atom. The zero-order chi connectivity index (χ0) is 18.4. The summed E-state index contributed by atoms with van der Waals surface area (Å²) in [6.45, 7) is 6.21. The summed E-state index contributed by atoms with van der Waals surface area (Å²) in [5, 5.41) is 4.62. The van der Waals surface area contributed by atoms with Crippen LogP contribution < -0.4 is 5.32 Å². The summed E-state index contributed by atoms with van der Waals surface area (Å²) in [7, 11) is 0. The number of nitrogens with one attached hydrogen (secondary N) is 1. The van der Waals surface area contributed by atoms with E-state index in [2.05, 4.69) is 31.0 Å². The van der Waals surface area contributed by atoms with Crippen molar-refractivity contribution in [3.05, 3.63) is 66.7 Å². The van der Waals surface area contributed by atoms with Gasteiger partial charge in [-0.25, -0.2) is 9.97 Å². The van der Waals surface area contributed by atoms with Crippen molar-refractivity contribution in [1.29, 1.82) is 0 Å². The zero-order valence-corrected chi connectivity index (χ0v) is 15.6. The minimum Gasteiger partial charge on any atom is -0.352 e. The van der Waals surface area contributed by atoms with Gasteiger partial charge >= 0.3 is 0 Å². The number of aromatic nitrogens is 2. The van der Waals surface area contributed by atoms with E-state index < -0.39 is 0 Å². The van der Waals surface area contributed by atoms with Gasteiger partial charge in [-0.1, -0.05) is 61.2 Å². The lowest BCUT2D eigenvalue weighted by atomic mass is 10.1. The molecular formula is C21H21N3OS. The summed E-state index contributed by atoms with van der Waals surface area (Å²) in [5.74, 6) is 0.954. The van der Waals surface area contributed by atoms with Gasteiger partial charge in [-0.05, 0) is 24.1 Å². The van der Waals surface area contributed by atoms with Crippen LogP contribution in [-0.2, 0) is 11.2 Å². The first-order valence-corrected chi connectivity index (χ1v) is 9.56. The van der Waals surface area contributed by atoms with Gasteiger partial charge in [-0.15, -0.1) is 6.58 Å². The average Bonchev–Trinajstić information content (AvgIpc) is 2.70. The summed E-state index contributed by atoms with van der Waals surface area (Å²) in [5.41, 5.74) is 3.09. The number of nitrogens with zero attached hydrogens (tertiary/aromatic N) is 2. The molecule has 0 spiro atoms. The molecule has 5 heteroatoms. The molecule has 3 aromatic rings. The molecule has 1 N–H and O–H groups in total. The number of hydrogen-bond donors (Lipinski definition) is 1. The lowest BCUT2D eigenvalue weighted by molar-refractivity contribution is -0.118. The number of thioether (sulfide) groups is 1. The summed E-state index contributed by atoms with van der Waals surface area (Å²) >= 11 is 1.44. The van der Waals surface area contributed by atoms with Crippen molar-refractivity contribution < 1.29 is 4.79 Å². The number of hydrogen-bond acceptors (Lipinski definition) is 4. The maximum atomic E-state index is 12.0. The maximum absolute atomic E-state index is 12.0. The van der Waals surface area contributed by atoms with Crippen molar-refractivity contribution in [2.75, 3.05) is 12.3 Å². The van der Waals surface area contributed by atoms with Gasteiger partial charge in [-0.3, -0.25) is 4.79 Å². The lowest BCUT2D eigenvalue weighted by Crippen LogP contribution is -2.24. The van der Waals surface area contributed by atoms with Crippen LogP contribution >= 0.6 is 11.8 Å². The van der Waals surface area contributed by atoms with Crippen LogP contribution in [0, 0.1) is 0 Å². The van der Waals surface area contributed by atoms with E-state index in [1.165, 1.54) is 17.3 Å². The van der Waals surface area contributed by atoms with Gasteiger partial charge in [0, 0.05) is 17.5 Å². The molecule has 0 fully saturated rings. The number of carbonyl (C=O) groups is 1. The summed E-state index contributed by atoms with van der Waals surface area (Å²) < 4.78 is 0. The van der Waals surface area contributed by atoms with Crippen LogP contribution in [0.4, 0.5) is 0 Å². The molecule has 2 aromatic carbocycles. The Morgan fingerprint density at radius 1 is 1.19 bits per heavy atom. The van der Waals surface area contributed by atoms with Crippen molar-refractivity contribution in [2.45, 2.75) is 18.4 Å². The second-order valence-electron chi connectivity index (χ2n) is 5.80.